The molecule has 6 nitrogen and oxygen atoms in total. The van der Waals surface area contributed by atoms with Crippen LogP contribution in [-0.4, -0.2) is 41.9 Å². The lowest BCUT2D eigenvalue weighted by Gasteiger charge is -2.33. The van der Waals surface area contributed by atoms with E-state index in [1.165, 1.54) is 0 Å². The van der Waals surface area contributed by atoms with Gasteiger partial charge in [-0.1, -0.05) is 121 Å². The Balaban J connectivity index is 1.31. The van der Waals surface area contributed by atoms with Gasteiger partial charge in [-0.3, -0.25) is 0 Å². The van der Waals surface area contributed by atoms with Crippen molar-refractivity contribution in [1.29, 1.82) is 0 Å². The van der Waals surface area contributed by atoms with Gasteiger partial charge in [-0.2, -0.15) is 0 Å². The minimum absolute atomic E-state index is 0.0615. The van der Waals surface area contributed by atoms with Crippen molar-refractivity contribution in [2.75, 3.05) is 6.61 Å². The molecule has 5 atom stereocenters. The van der Waals surface area contributed by atoms with E-state index in [-0.39, 0.29) is 11.8 Å². The Morgan fingerprint density at radius 2 is 0.976 bits per heavy atom. The first kappa shape index (κ1) is 28.5. The molecule has 1 saturated heterocycles. The third kappa shape index (κ3) is 6.56. The summed E-state index contributed by atoms with van der Waals surface area (Å²) in [6, 6.07) is 40.2. The van der Waals surface area contributed by atoms with Crippen LogP contribution < -0.4 is 0 Å². The highest BCUT2D eigenvalue weighted by molar-refractivity contribution is 7.79. The van der Waals surface area contributed by atoms with E-state index in [9.17, 15) is 0 Å². The zero-order valence-electron chi connectivity index (χ0n) is 23.2. The molecular formula is C35H34O6S. The van der Waals surface area contributed by atoms with Gasteiger partial charge in [-0.25, -0.2) is 0 Å². The molecule has 4 aromatic carbocycles. The van der Waals surface area contributed by atoms with E-state index in [0.717, 1.165) is 22.3 Å². The summed E-state index contributed by atoms with van der Waals surface area (Å²) in [5, 5.41) is 0.0615. The van der Waals surface area contributed by atoms with Crippen molar-refractivity contribution in [3.05, 3.63) is 144 Å². The predicted molar refractivity (Wildman–Crippen MR) is 162 cm³/mol. The molecule has 1 aliphatic heterocycles. The number of thiocarbonyl (C=S) groups is 1. The van der Waals surface area contributed by atoms with Gasteiger partial charge >= 0.3 is 5.24 Å². The summed E-state index contributed by atoms with van der Waals surface area (Å²) >= 11 is 5.48. The number of ether oxygens (including phenoxy) is 6. The summed E-state index contributed by atoms with van der Waals surface area (Å²) < 4.78 is 38.8. The lowest BCUT2D eigenvalue weighted by molar-refractivity contribution is -0.164. The van der Waals surface area contributed by atoms with Crippen LogP contribution in [0.2, 0.25) is 0 Å². The van der Waals surface area contributed by atoms with Crippen molar-refractivity contribution in [3.63, 3.8) is 0 Å². The van der Waals surface area contributed by atoms with Crippen molar-refractivity contribution in [2.24, 2.45) is 0 Å². The molecule has 0 N–H and O–H groups in total. The third-order valence-corrected chi connectivity index (χ3v) is 7.84. The van der Waals surface area contributed by atoms with E-state index < -0.39 is 30.0 Å². The molecule has 1 aliphatic carbocycles. The lowest BCUT2D eigenvalue weighted by atomic mass is 9.97. The summed E-state index contributed by atoms with van der Waals surface area (Å²) in [6.45, 7) is 1.69. The van der Waals surface area contributed by atoms with E-state index in [4.69, 9.17) is 40.6 Å². The summed E-state index contributed by atoms with van der Waals surface area (Å²) in [4.78, 5) is 0. The Labute approximate surface area is 252 Å². The van der Waals surface area contributed by atoms with Crippen LogP contribution >= 0.6 is 12.2 Å². The minimum atomic E-state index is -1.07. The average Bonchev–Trinajstić information content (AvgIpc) is 3.48. The van der Waals surface area contributed by atoms with Gasteiger partial charge in [-0.05, 0) is 22.3 Å². The van der Waals surface area contributed by atoms with Crippen LogP contribution in [0.25, 0.3) is 0 Å². The Hall–Kier alpha value is -3.59. The summed E-state index contributed by atoms with van der Waals surface area (Å²) in [5.74, 6) is 0. The second-order valence-corrected chi connectivity index (χ2v) is 10.9. The molecule has 2 fully saturated rings. The van der Waals surface area contributed by atoms with Gasteiger partial charge < -0.3 is 28.4 Å². The van der Waals surface area contributed by atoms with Crippen LogP contribution in [0.15, 0.2) is 121 Å². The largest absolute Gasteiger partial charge is 0.446 e. The maximum absolute atomic E-state index is 6.69. The summed E-state index contributed by atoms with van der Waals surface area (Å²) in [5.41, 5.74) is 3.11. The summed E-state index contributed by atoms with van der Waals surface area (Å²) in [6.07, 6.45) is -2.24. The predicted octanol–water partition coefficient (Wildman–Crippen LogP) is 6.41. The highest BCUT2D eigenvalue weighted by Gasteiger charge is 2.70. The molecule has 2 aliphatic rings. The normalized spacial score (nSPS) is 24.6. The molecule has 0 unspecified atom stereocenters. The maximum Gasteiger partial charge on any atom is 0.353 e. The first-order chi connectivity index (χ1) is 20.7. The van der Waals surface area contributed by atoms with Crippen LogP contribution in [0.5, 0.6) is 0 Å². The molecule has 0 spiro atoms. The second kappa shape index (κ2) is 13.6. The molecule has 216 valence electrons. The summed E-state index contributed by atoms with van der Waals surface area (Å²) in [7, 11) is 0. The average molecular weight is 583 g/mol. The first-order valence-electron chi connectivity index (χ1n) is 14.2. The van der Waals surface area contributed by atoms with Gasteiger partial charge in [0.1, 0.15) is 18.3 Å². The van der Waals surface area contributed by atoms with Gasteiger partial charge in [0.15, 0.2) is 6.10 Å². The standard InChI is InChI=1S/C35H34O6S/c42-34-40-33-31(38-23-28-17-9-3-10-18-28)30(37-22-27-15-7-2-8-16-27)32(39-24-29-19-11-4-12-20-29)35(33,41-34)25-36-21-26-13-5-1-6-14-26/h1-20,30-33H,21-25H2/t30-,31-,32+,33+,35-/m1/s1. The van der Waals surface area contributed by atoms with E-state index in [1.807, 2.05) is 121 Å². The van der Waals surface area contributed by atoms with Crippen molar-refractivity contribution < 1.29 is 28.4 Å². The molecule has 0 radical (unpaired) electrons. The van der Waals surface area contributed by atoms with Crippen LogP contribution in [-0.2, 0) is 54.8 Å². The zero-order valence-corrected chi connectivity index (χ0v) is 24.1. The Morgan fingerprint density at radius 1 is 0.548 bits per heavy atom. The molecule has 0 bridgehead atoms. The molecule has 0 amide bonds. The highest BCUT2D eigenvalue weighted by atomic mass is 32.1. The fraction of sp³-hybridized carbons (Fsp3) is 0.286. The monoisotopic (exact) mass is 582 g/mol. The smallest absolute Gasteiger partial charge is 0.353 e. The van der Waals surface area contributed by atoms with Gasteiger partial charge in [0.25, 0.3) is 0 Å². The second-order valence-electron chi connectivity index (χ2n) is 10.6. The fourth-order valence-corrected chi connectivity index (χ4v) is 5.88. The van der Waals surface area contributed by atoms with Gasteiger partial charge in [0, 0.05) is 12.2 Å². The van der Waals surface area contributed by atoms with Gasteiger partial charge in [0.2, 0.25) is 5.60 Å². The topological polar surface area (TPSA) is 55.4 Å². The number of hydrogen-bond acceptors (Lipinski definition) is 7. The maximum atomic E-state index is 6.69. The molecule has 4 aromatic rings. The number of rotatable bonds is 13. The van der Waals surface area contributed by atoms with Gasteiger partial charge in [-0.15, -0.1) is 0 Å². The number of benzene rings is 4. The fourth-order valence-electron chi connectivity index (χ4n) is 5.62. The van der Waals surface area contributed by atoms with Crippen LogP contribution in [0.1, 0.15) is 22.3 Å². The van der Waals surface area contributed by atoms with Crippen LogP contribution in [0, 0.1) is 0 Å². The lowest BCUT2D eigenvalue weighted by Crippen LogP contribution is -2.52. The molecule has 0 aromatic heterocycles. The molecule has 6 rings (SSSR count). The van der Waals surface area contributed by atoms with Gasteiger partial charge in [0.05, 0.1) is 33.0 Å². The Kier molecular flexibility index (Phi) is 9.23. The van der Waals surface area contributed by atoms with Crippen molar-refractivity contribution in [2.45, 2.75) is 56.4 Å². The first-order valence-corrected chi connectivity index (χ1v) is 14.6. The third-order valence-electron chi connectivity index (χ3n) is 7.66. The van der Waals surface area contributed by atoms with E-state index in [0.29, 0.717) is 26.4 Å². The SMILES string of the molecule is S=C1O[C@H]2[C@H](OCc3ccccc3)[C@@H](OCc3ccccc3)[C@H](OCc3ccccc3)[C@@]2(COCc2ccccc2)O1. The van der Waals surface area contributed by atoms with E-state index in [1.54, 1.807) is 0 Å². The minimum Gasteiger partial charge on any atom is -0.446 e. The van der Waals surface area contributed by atoms with Crippen molar-refractivity contribution in [1.82, 2.24) is 0 Å². The highest BCUT2D eigenvalue weighted by Crippen LogP contribution is 2.47. The Morgan fingerprint density at radius 3 is 1.48 bits per heavy atom. The molecule has 42 heavy (non-hydrogen) atoms. The molecule has 7 heteroatoms. The molecular weight excluding hydrogens is 548 g/mol. The van der Waals surface area contributed by atoms with Crippen LogP contribution in [0.4, 0.5) is 0 Å². The number of fused-ring (bicyclic) bond motifs is 1. The van der Waals surface area contributed by atoms with E-state index in [2.05, 4.69) is 0 Å². The van der Waals surface area contributed by atoms with Crippen molar-refractivity contribution in [3.8, 4) is 0 Å². The van der Waals surface area contributed by atoms with Crippen LogP contribution in [0.3, 0.4) is 0 Å². The Bertz CT molecular complexity index is 1400. The quantitative estimate of drug-likeness (QED) is 0.169. The number of hydrogen-bond donors (Lipinski definition) is 0. The van der Waals surface area contributed by atoms with E-state index >= 15 is 0 Å². The molecule has 1 saturated carbocycles. The molecule has 1 heterocycles. The zero-order chi connectivity index (χ0) is 28.6. The van der Waals surface area contributed by atoms with Crippen molar-refractivity contribution >= 4 is 17.5 Å².